The molecular formula is C16H17ClN4O. The van der Waals surface area contributed by atoms with Crippen LogP contribution in [0.4, 0.5) is 0 Å². The molecule has 0 radical (unpaired) electrons. The average molecular weight is 317 g/mol. The molecule has 1 N–H and O–H groups in total. The molecule has 6 heteroatoms. The maximum atomic E-state index is 12.2. The van der Waals surface area contributed by atoms with Crippen LogP contribution in [0, 0.1) is 0 Å². The molecule has 0 aliphatic heterocycles. The maximum absolute atomic E-state index is 12.2. The van der Waals surface area contributed by atoms with E-state index in [1.54, 1.807) is 12.3 Å². The molecule has 0 fully saturated rings. The summed E-state index contributed by atoms with van der Waals surface area (Å²) in [6, 6.07) is 9.34. The lowest BCUT2D eigenvalue weighted by Gasteiger charge is -2.16. The molecule has 2 heterocycles. The number of fused-ring (bicyclic) bond motifs is 1. The Morgan fingerprint density at radius 3 is 3.00 bits per heavy atom. The van der Waals surface area contributed by atoms with Gasteiger partial charge in [0.1, 0.15) is 0 Å². The van der Waals surface area contributed by atoms with E-state index < -0.39 is 0 Å². The van der Waals surface area contributed by atoms with Gasteiger partial charge < -0.3 is 9.88 Å². The maximum Gasteiger partial charge on any atom is 0.252 e. The lowest BCUT2D eigenvalue weighted by atomic mass is 10.1. The number of nitrogens with one attached hydrogen (secondary N) is 1. The summed E-state index contributed by atoms with van der Waals surface area (Å²) in [6.45, 7) is 2.21. The topological polar surface area (TPSA) is 53.9 Å². The summed E-state index contributed by atoms with van der Waals surface area (Å²) in [5.41, 5.74) is 1.44. The first-order valence-corrected chi connectivity index (χ1v) is 7.47. The molecule has 0 saturated carbocycles. The highest BCUT2D eigenvalue weighted by molar-refractivity contribution is 6.31. The Morgan fingerprint density at radius 2 is 2.23 bits per heavy atom. The number of rotatable bonds is 5. The highest BCUT2D eigenvalue weighted by Gasteiger charge is 2.07. The second kappa shape index (κ2) is 6.34. The van der Waals surface area contributed by atoms with E-state index in [-0.39, 0.29) is 5.56 Å². The van der Waals surface area contributed by atoms with Crippen LogP contribution in [0.1, 0.15) is 5.56 Å². The average Bonchev–Trinajstić information content (AvgIpc) is 2.99. The third kappa shape index (κ3) is 3.37. The molecule has 22 heavy (non-hydrogen) atoms. The predicted molar refractivity (Wildman–Crippen MR) is 88.1 cm³/mol. The molecule has 0 atom stereocenters. The first-order chi connectivity index (χ1) is 10.6. The standard InChI is InChI=1S/C16H17ClN4O/c1-20(7-8-21-6-2-5-18-21)11-13-9-12-3-4-14(17)10-15(12)19-16(13)22/h2-6,9-10H,7-8,11H2,1H3,(H,19,22). The minimum absolute atomic E-state index is 0.0688. The summed E-state index contributed by atoms with van der Waals surface area (Å²) in [5.74, 6) is 0. The van der Waals surface area contributed by atoms with E-state index in [9.17, 15) is 4.79 Å². The van der Waals surface area contributed by atoms with E-state index in [1.807, 2.05) is 42.2 Å². The molecule has 114 valence electrons. The van der Waals surface area contributed by atoms with Crippen molar-refractivity contribution in [3.05, 3.63) is 63.7 Å². The molecule has 0 aliphatic rings. The van der Waals surface area contributed by atoms with Gasteiger partial charge in [-0.15, -0.1) is 0 Å². The van der Waals surface area contributed by atoms with Crippen LogP contribution in [0.25, 0.3) is 10.9 Å². The number of halogens is 1. The molecule has 0 saturated heterocycles. The number of aromatic nitrogens is 3. The number of nitrogens with zero attached hydrogens (tertiary/aromatic N) is 3. The summed E-state index contributed by atoms with van der Waals surface area (Å²) >= 11 is 5.95. The minimum atomic E-state index is -0.0688. The van der Waals surface area contributed by atoms with Gasteiger partial charge in [0.15, 0.2) is 0 Å². The van der Waals surface area contributed by atoms with Crippen LogP contribution < -0.4 is 5.56 Å². The molecule has 0 bridgehead atoms. The molecule has 0 spiro atoms. The normalized spacial score (nSPS) is 11.4. The summed E-state index contributed by atoms with van der Waals surface area (Å²) in [6.07, 6.45) is 3.69. The van der Waals surface area contributed by atoms with E-state index in [4.69, 9.17) is 11.6 Å². The van der Waals surface area contributed by atoms with Gasteiger partial charge in [0, 0.05) is 41.6 Å². The number of likely N-dealkylation sites (N-methyl/N-ethyl adjacent to an activating group) is 1. The van der Waals surface area contributed by atoms with Gasteiger partial charge >= 0.3 is 0 Å². The quantitative estimate of drug-likeness (QED) is 0.787. The molecular weight excluding hydrogens is 300 g/mol. The van der Waals surface area contributed by atoms with Gasteiger partial charge in [-0.25, -0.2) is 0 Å². The Labute approximate surface area is 133 Å². The fourth-order valence-electron chi connectivity index (χ4n) is 2.41. The third-order valence-corrected chi connectivity index (χ3v) is 3.83. The van der Waals surface area contributed by atoms with Crippen molar-refractivity contribution in [2.45, 2.75) is 13.1 Å². The zero-order valence-corrected chi connectivity index (χ0v) is 13.0. The summed E-state index contributed by atoms with van der Waals surface area (Å²) < 4.78 is 1.88. The van der Waals surface area contributed by atoms with Crippen LogP contribution in [0.15, 0.2) is 47.5 Å². The number of hydrogen-bond donors (Lipinski definition) is 1. The van der Waals surface area contributed by atoms with E-state index in [1.165, 1.54) is 0 Å². The van der Waals surface area contributed by atoms with E-state index >= 15 is 0 Å². The third-order valence-electron chi connectivity index (χ3n) is 3.60. The number of aromatic amines is 1. The molecule has 0 amide bonds. The number of H-pyrrole nitrogens is 1. The van der Waals surface area contributed by atoms with Gasteiger partial charge in [-0.05, 0) is 36.7 Å². The zero-order valence-electron chi connectivity index (χ0n) is 12.3. The fourth-order valence-corrected chi connectivity index (χ4v) is 2.58. The Hall–Kier alpha value is -2.11. The van der Waals surface area contributed by atoms with Crippen LogP contribution in [0.3, 0.4) is 0 Å². The Bertz CT molecular complexity index is 826. The van der Waals surface area contributed by atoms with Gasteiger partial charge in [-0.3, -0.25) is 9.48 Å². The van der Waals surface area contributed by atoms with E-state index in [0.29, 0.717) is 11.6 Å². The van der Waals surface area contributed by atoms with Gasteiger partial charge in [-0.2, -0.15) is 5.10 Å². The molecule has 3 aromatic rings. The largest absolute Gasteiger partial charge is 0.322 e. The SMILES string of the molecule is CN(CCn1cccn1)Cc1cc2ccc(Cl)cc2[nH]c1=O. The summed E-state index contributed by atoms with van der Waals surface area (Å²) in [5, 5.41) is 5.77. The molecule has 0 unspecified atom stereocenters. The molecule has 3 rings (SSSR count). The first kappa shape index (κ1) is 14.8. The zero-order chi connectivity index (χ0) is 15.5. The lowest BCUT2D eigenvalue weighted by Crippen LogP contribution is -2.26. The van der Waals surface area contributed by atoms with Crippen LogP contribution in [-0.4, -0.2) is 33.3 Å². The molecule has 5 nitrogen and oxygen atoms in total. The fraction of sp³-hybridized carbons (Fsp3) is 0.250. The highest BCUT2D eigenvalue weighted by Crippen LogP contribution is 2.17. The van der Waals surface area contributed by atoms with Crippen molar-refractivity contribution >= 4 is 22.5 Å². The van der Waals surface area contributed by atoms with Gasteiger partial charge in [0.2, 0.25) is 0 Å². The smallest absolute Gasteiger partial charge is 0.252 e. The first-order valence-electron chi connectivity index (χ1n) is 7.09. The van der Waals surface area contributed by atoms with Crippen molar-refractivity contribution in [1.82, 2.24) is 19.7 Å². The second-order valence-electron chi connectivity index (χ2n) is 5.36. The van der Waals surface area contributed by atoms with Crippen molar-refractivity contribution in [3.8, 4) is 0 Å². The van der Waals surface area contributed by atoms with Crippen LogP contribution in [0.5, 0.6) is 0 Å². The van der Waals surface area contributed by atoms with Crippen molar-refractivity contribution in [3.63, 3.8) is 0 Å². The minimum Gasteiger partial charge on any atom is -0.322 e. The number of benzene rings is 1. The van der Waals surface area contributed by atoms with Crippen molar-refractivity contribution in [2.24, 2.45) is 0 Å². The van der Waals surface area contributed by atoms with Crippen molar-refractivity contribution in [1.29, 1.82) is 0 Å². The van der Waals surface area contributed by atoms with Gasteiger partial charge in [0.05, 0.1) is 6.54 Å². The number of hydrogen-bond acceptors (Lipinski definition) is 3. The molecule has 0 aliphatic carbocycles. The van der Waals surface area contributed by atoms with E-state index in [0.717, 1.165) is 29.6 Å². The van der Waals surface area contributed by atoms with Crippen LogP contribution >= 0.6 is 11.6 Å². The van der Waals surface area contributed by atoms with Gasteiger partial charge in [-0.1, -0.05) is 17.7 Å². The van der Waals surface area contributed by atoms with Crippen molar-refractivity contribution in [2.75, 3.05) is 13.6 Å². The Balaban J connectivity index is 1.74. The summed E-state index contributed by atoms with van der Waals surface area (Å²) in [4.78, 5) is 17.2. The molecule has 1 aromatic carbocycles. The highest BCUT2D eigenvalue weighted by atomic mass is 35.5. The summed E-state index contributed by atoms with van der Waals surface area (Å²) in [7, 11) is 2.00. The Morgan fingerprint density at radius 1 is 1.36 bits per heavy atom. The van der Waals surface area contributed by atoms with E-state index in [2.05, 4.69) is 15.0 Å². The van der Waals surface area contributed by atoms with Crippen molar-refractivity contribution < 1.29 is 0 Å². The van der Waals surface area contributed by atoms with Gasteiger partial charge in [0.25, 0.3) is 5.56 Å². The Kier molecular flexibility index (Phi) is 4.27. The monoisotopic (exact) mass is 316 g/mol. The van der Waals surface area contributed by atoms with Crippen LogP contribution in [-0.2, 0) is 13.1 Å². The predicted octanol–water partition coefficient (Wildman–Crippen LogP) is 2.51. The second-order valence-corrected chi connectivity index (χ2v) is 5.80. The molecule has 2 aromatic heterocycles. The number of pyridine rings is 1. The van der Waals surface area contributed by atoms with Crippen LogP contribution in [0.2, 0.25) is 5.02 Å². The lowest BCUT2D eigenvalue weighted by molar-refractivity contribution is 0.304.